The molecule has 2 aromatic heterocycles. The molecule has 1 atom stereocenters. The number of carbonyl (C=O) groups excluding carboxylic acids is 1. The van der Waals surface area contributed by atoms with Gasteiger partial charge < -0.3 is 14.8 Å². The molecule has 3 rings (SSSR count). The fourth-order valence-corrected chi connectivity index (χ4v) is 3.61. The van der Waals surface area contributed by atoms with Crippen molar-refractivity contribution in [3.8, 4) is 11.8 Å². The molecular formula is C19H23N3O3S. The fourth-order valence-electron chi connectivity index (χ4n) is 2.51. The first kappa shape index (κ1) is 18.5. The van der Waals surface area contributed by atoms with Gasteiger partial charge in [0.05, 0.1) is 11.7 Å². The number of nitrogens with zero attached hydrogens (tertiary/aromatic N) is 2. The zero-order chi connectivity index (χ0) is 18.4. The van der Waals surface area contributed by atoms with Crippen molar-refractivity contribution in [1.82, 2.24) is 15.3 Å². The molecule has 1 amide bonds. The van der Waals surface area contributed by atoms with Crippen LogP contribution in [0.2, 0.25) is 0 Å². The van der Waals surface area contributed by atoms with Gasteiger partial charge in [0.2, 0.25) is 11.8 Å². The summed E-state index contributed by atoms with van der Waals surface area (Å²) in [6.45, 7) is 4.29. The molecule has 1 N–H and O–H groups in total. The zero-order valence-electron chi connectivity index (χ0n) is 15.0. The number of hydrogen-bond donors (Lipinski definition) is 1. The Morgan fingerprint density at radius 3 is 2.88 bits per heavy atom. The SMILES string of the molecule is CC(C)Oc1cc(CNC(=O)c2ccc(OC3CCSC3)nc2)ccn1. The Hall–Kier alpha value is -2.28. The van der Waals surface area contributed by atoms with Gasteiger partial charge in [-0.3, -0.25) is 4.79 Å². The van der Waals surface area contributed by atoms with Crippen molar-refractivity contribution >= 4 is 17.7 Å². The maximum atomic E-state index is 12.3. The highest BCUT2D eigenvalue weighted by Gasteiger charge is 2.17. The van der Waals surface area contributed by atoms with Crippen molar-refractivity contribution in [2.24, 2.45) is 0 Å². The van der Waals surface area contributed by atoms with Crippen molar-refractivity contribution in [1.29, 1.82) is 0 Å². The third-order valence-corrected chi connectivity index (χ3v) is 4.91. The molecule has 26 heavy (non-hydrogen) atoms. The van der Waals surface area contributed by atoms with E-state index < -0.39 is 0 Å². The Labute approximate surface area is 157 Å². The largest absolute Gasteiger partial charge is 0.475 e. The molecule has 1 aliphatic rings. The number of hydrogen-bond acceptors (Lipinski definition) is 6. The predicted molar refractivity (Wildman–Crippen MR) is 102 cm³/mol. The summed E-state index contributed by atoms with van der Waals surface area (Å²) in [4.78, 5) is 20.7. The Kier molecular flexibility index (Phi) is 6.33. The van der Waals surface area contributed by atoms with Gasteiger partial charge in [-0.1, -0.05) is 0 Å². The van der Waals surface area contributed by atoms with Gasteiger partial charge in [0.1, 0.15) is 6.10 Å². The lowest BCUT2D eigenvalue weighted by molar-refractivity contribution is 0.0950. The summed E-state index contributed by atoms with van der Waals surface area (Å²) in [5, 5.41) is 2.88. The smallest absolute Gasteiger partial charge is 0.253 e. The average molecular weight is 373 g/mol. The van der Waals surface area contributed by atoms with E-state index >= 15 is 0 Å². The Morgan fingerprint density at radius 2 is 2.19 bits per heavy atom. The monoisotopic (exact) mass is 373 g/mol. The van der Waals surface area contributed by atoms with Gasteiger partial charge in [-0.2, -0.15) is 11.8 Å². The van der Waals surface area contributed by atoms with E-state index in [0.29, 0.717) is 23.9 Å². The highest BCUT2D eigenvalue weighted by atomic mass is 32.2. The van der Waals surface area contributed by atoms with E-state index in [4.69, 9.17) is 9.47 Å². The first-order valence-electron chi connectivity index (χ1n) is 8.70. The molecule has 0 radical (unpaired) electrons. The Balaban J connectivity index is 1.53. The van der Waals surface area contributed by atoms with Crippen LogP contribution in [0.15, 0.2) is 36.7 Å². The van der Waals surface area contributed by atoms with Crippen molar-refractivity contribution in [3.05, 3.63) is 47.8 Å². The molecule has 1 aliphatic heterocycles. The van der Waals surface area contributed by atoms with Crippen LogP contribution in [0, 0.1) is 0 Å². The normalized spacial score (nSPS) is 16.5. The number of pyridine rings is 2. The third kappa shape index (κ3) is 5.36. The van der Waals surface area contributed by atoms with Gasteiger partial charge >= 0.3 is 0 Å². The predicted octanol–water partition coefficient (Wildman–Crippen LogP) is 3.08. The number of ether oxygens (including phenoxy) is 2. The quantitative estimate of drug-likeness (QED) is 0.804. The van der Waals surface area contributed by atoms with Gasteiger partial charge in [0, 0.05) is 36.8 Å². The second-order valence-electron chi connectivity index (χ2n) is 6.34. The van der Waals surface area contributed by atoms with E-state index in [1.54, 1.807) is 24.5 Å². The first-order valence-corrected chi connectivity index (χ1v) is 9.86. The van der Waals surface area contributed by atoms with Gasteiger partial charge in [0.25, 0.3) is 5.91 Å². The Morgan fingerprint density at radius 1 is 1.31 bits per heavy atom. The molecule has 0 bridgehead atoms. The topological polar surface area (TPSA) is 73.3 Å². The van der Waals surface area contributed by atoms with E-state index in [0.717, 1.165) is 23.5 Å². The maximum Gasteiger partial charge on any atom is 0.253 e. The first-order chi connectivity index (χ1) is 12.6. The van der Waals surface area contributed by atoms with Gasteiger partial charge in [0.15, 0.2) is 0 Å². The van der Waals surface area contributed by atoms with Crippen molar-refractivity contribution < 1.29 is 14.3 Å². The van der Waals surface area contributed by atoms with Crippen LogP contribution in [0.1, 0.15) is 36.2 Å². The minimum atomic E-state index is -0.177. The third-order valence-electron chi connectivity index (χ3n) is 3.78. The van der Waals surface area contributed by atoms with Gasteiger partial charge in [-0.25, -0.2) is 9.97 Å². The lowest BCUT2D eigenvalue weighted by atomic mass is 10.2. The van der Waals surface area contributed by atoms with Crippen LogP contribution < -0.4 is 14.8 Å². The molecule has 6 nitrogen and oxygen atoms in total. The van der Waals surface area contributed by atoms with Crippen LogP contribution in [0.5, 0.6) is 11.8 Å². The standard InChI is InChI=1S/C19H23N3O3S/c1-13(2)24-18-9-14(5-7-20-18)10-22-19(23)15-3-4-17(21-11-15)25-16-6-8-26-12-16/h3-5,7,9,11,13,16H,6,8,10,12H2,1-2H3,(H,22,23). The number of thioether (sulfide) groups is 1. The molecule has 1 fully saturated rings. The molecule has 1 saturated heterocycles. The fraction of sp³-hybridized carbons (Fsp3) is 0.421. The molecule has 0 spiro atoms. The number of rotatable bonds is 7. The summed E-state index contributed by atoms with van der Waals surface area (Å²) in [5.41, 5.74) is 1.43. The molecule has 1 unspecified atom stereocenters. The lowest BCUT2D eigenvalue weighted by Gasteiger charge is -2.12. The molecule has 2 aromatic rings. The molecule has 3 heterocycles. The van der Waals surface area contributed by atoms with Crippen molar-refractivity contribution in [2.45, 2.75) is 39.0 Å². The van der Waals surface area contributed by atoms with Crippen LogP contribution in [0.3, 0.4) is 0 Å². The molecule has 7 heteroatoms. The van der Waals surface area contributed by atoms with Crippen LogP contribution in [-0.4, -0.2) is 39.6 Å². The average Bonchev–Trinajstić information content (AvgIpc) is 3.13. The summed E-state index contributed by atoms with van der Waals surface area (Å²) >= 11 is 1.89. The minimum Gasteiger partial charge on any atom is -0.475 e. The van der Waals surface area contributed by atoms with Crippen LogP contribution in [-0.2, 0) is 6.54 Å². The summed E-state index contributed by atoms with van der Waals surface area (Å²) in [5.74, 6) is 3.07. The number of aromatic nitrogens is 2. The van der Waals surface area contributed by atoms with Gasteiger partial charge in [-0.05, 0) is 43.7 Å². The summed E-state index contributed by atoms with van der Waals surface area (Å²) in [6, 6.07) is 7.16. The second-order valence-corrected chi connectivity index (χ2v) is 7.49. The number of amides is 1. The number of carbonyl (C=O) groups is 1. The minimum absolute atomic E-state index is 0.0574. The molecule has 0 aromatic carbocycles. The zero-order valence-corrected chi connectivity index (χ0v) is 15.8. The van der Waals surface area contributed by atoms with E-state index in [1.165, 1.54) is 0 Å². The second kappa shape index (κ2) is 8.89. The summed E-state index contributed by atoms with van der Waals surface area (Å²) in [6.07, 6.45) is 4.55. The maximum absolute atomic E-state index is 12.3. The van der Waals surface area contributed by atoms with E-state index in [2.05, 4.69) is 15.3 Å². The van der Waals surface area contributed by atoms with Crippen LogP contribution >= 0.6 is 11.8 Å². The molecule has 0 aliphatic carbocycles. The molecule has 0 saturated carbocycles. The van der Waals surface area contributed by atoms with Gasteiger partial charge in [-0.15, -0.1) is 0 Å². The van der Waals surface area contributed by atoms with Crippen molar-refractivity contribution in [2.75, 3.05) is 11.5 Å². The van der Waals surface area contributed by atoms with E-state index in [9.17, 15) is 4.79 Å². The van der Waals surface area contributed by atoms with Crippen LogP contribution in [0.25, 0.3) is 0 Å². The highest BCUT2D eigenvalue weighted by Crippen LogP contribution is 2.22. The van der Waals surface area contributed by atoms with E-state index in [1.807, 2.05) is 37.7 Å². The highest BCUT2D eigenvalue weighted by molar-refractivity contribution is 7.99. The summed E-state index contributed by atoms with van der Waals surface area (Å²) < 4.78 is 11.4. The molecular weight excluding hydrogens is 350 g/mol. The van der Waals surface area contributed by atoms with E-state index in [-0.39, 0.29) is 18.1 Å². The lowest BCUT2D eigenvalue weighted by Crippen LogP contribution is -2.23. The number of nitrogens with one attached hydrogen (secondary N) is 1. The van der Waals surface area contributed by atoms with Crippen LogP contribution in [0.4, 0.5) is 0 Å². The van der Waals surface area contributed by atoms with Crippen molar-refractivity contribution in [3.63, 3.8) is 0 Å². The Bertz CT molecular complexity index is 731. The molecule has 138 valence electrons. The summed E-state index contributed by atoms with van der Waals surface area (Å²) in [7, 11) is 0.